The summed E-state index contributed by atoms with van der Waals surface area (Å²) in [7, 11) is 0. The predicted octanol–water partition coefficient (Wildman–Crippen LogP) is 5.34. The highest BCUT2D eigenvalue weighted by Crippen LogP contribution is 2.24. The molecule has 0 aromatic heterocycles. The first-order valence-corrected chi connectivity index (χ1v) is 7.39. The average molecular weight is 434 g/mol. The van der Waals surface area contributed by atoms with Crippen LogP contribution in [-0.2, 0) is 0 Å². The first-order valence-electron chi connectivity index (χ1n) is 5.23. The van der Waals surface area contributed by atoms with E-state index in [0.717, 1.165) is 6.42 Å². The molecule has 1 aliphatic rings. The number of allylic oxidation sites excluding steroid dienone is 5. The van der Waals surface area contributed by atoms with Crippen molar-refractivity contribution >= 4 is 51.3 Å². The van der Waals surface area contributed by atoms with E-state index >= 15 is 0 Å². The molecule has 0 radical (unpaired) electrons. The van der Waals surface area contributed by atoms with Crippen molar-refractivity contribution in [1.29, 1.82) is 0 Å². The molecule has 16 heavy (non-hydrogen) atoms. The van der Waals surface area contributed by atoms with Crippen molar-refractivity contribution in [2.45, 2.75) is 12.8 Å². The molecule has 2 heteroatoms. The van der Waals surface area contributed by atoms with Crippen molar-refractivity contribution in [3.63, 3.8) is 0 Å². The molecule has 0 aliphatic heterocycles. The second-order valence-electron chi connectivity index (χ2n) is 3.74. The van der Waals surface area contributed by atoms with Gasteiger partial charge in [-0.3, -0.25) is 0 Å². The van der Waals surface area contributed by atoms with Crippen LogP contribution in [0.4, 0.5) is 0 Å². The zero-order chi connectivity index (χ0) is 11.4. The molecule has 1 aromatic rings. The maximum absolute atomic E-state index is 2.40. The van der Waals surface area contributed by atoms with Crippen LogP contribution in [0.5, 0.6) is 0 Å². The van der Waals surface area contributed by atoms with E-state index < -0.39 is 0 Å². The molecule has 0 saturated heterocycles. The molecule has 1 aliphatic carbocycles. The van der Waals surface area contributed by atoms with Gasteiger partial charge in [-0.05, 0) is 84.9 Å². The fourth-order valence-electron chi connectivity index (χ4n) is 1.54. The summed E-state index contributed by atoms with van der Waals surface area (Å²) < 4.78 is 2.73. The fourth-order valence-corrected chi connectivity index (χ4v) is 2.35. The van der Waals surface area contributed by atoms with E-state index in [2.05, 4.69) is 93.8 Å². The molecule has 82 valence electrons. The summed E-state index contributed by atoms with van der Waals surface area (Å²) in [6.07, 6.45) is 11.2. The molecular weight excluding hydrogens is 422 g/mol. The minimum atomic E-state index is 1.16. The van der Waals surface area contributed by atoms with Gasteiger partial charge in [-0.2, -0.15) is 0 Å². The largest absolute Gasteiger partial charge is 0.0584 e. The van der Waals surface area contributed by atoms with E-state index in [-0.39, 0.29) is 0 Å². The second kappa shape index (κ2) is 6.00. The quantitative estimate of drug-likeness (QED) is 0.552. The SMILES string of the molecule is IC1=CC=C(/C=C/c2ccc(I)cc2)CC1. The summed E-state index contributed by atoms with van der Waals surface area (Å²) >= 11 is 4.73. The summed E-state index contributed by atoms with van der Waals surface area (Å²) in [5, 5.41) is 0. The summed E-state index contributed by atoms with van der Waals surface area (Å²) in [5.74, 6) is 0. The zero-order valence-electron chi connectivity index (χ0n) is 8.79. The Bertz CT molecular complexity index is 450. The van der Waals surface area contributed by atoms with Crippen LogP contribution in [0.1, 0.15) is 18.4 Å². The normalized spacial score (nSPS) is 16.1. The van der Waals surface area contributed by atoms with Gasteiger partial charge in [0.25, 0.3) is 0 Å². The molecule has 0 atom stereocenters. The average Bonchev–Trinajstić information content (AvgIpc) is 2.30. The van der Waals surface area contributed by atoms with Gasteiger partial charge in [0.05, 0.1) is 0 Å². The molecule has 0 spiro atoms. The molecule has 0 fully saturated rings. The lowest BCUT2D eigenvalue weighted by Crippen LogP contribution is -1.85. The number of benzene rings is 1. The Morgan fingerprint density at radius 1 is 0.875 bits per heavy atom. The van der Waals surface area contributed by atoms with Crippen LogP contribution in [0.15, 0.2) is 51.6 Å². The summed E-state index contributed by atoms with van der Waals surface area (Å²) in [6.45, 7) is 0. The Morgan fingerprint density at radius 2 is 1.62 bits per heavy atom. The molecule has 0 nitrogen and oxygen atoms in total. The molecule has 1 aromatic carbocycles. The first-order chi connectivity index (χ1) is 7.74. The third-order valence-corrected chi connectivity index (χ3v) is 4.11. The van der Waals surface area contributed by atoms with Gasteiger partial charge >= 0.3 is 0 Å². The van der Waals surface area contributed by atoms with Crippen LogP contribution < -0.4 is 0 Å². The maximum Gasteiger partial charge on any atom is 0.0130 e. The van der Waals surface area contributed by atoms with Gasteiger partial charge < -0.3 is 0 Å². The highest BCUT2D eigenvalue weighted by Gasteiger charge is 2.00. The van der Waals surface area contributed by atoms with Crippen molar-refractivity contribution in [3.05, 3.63) is 60.8 Å². The minimum Gasteiger partial charge on any atom is -0.0584 e. The zero-order valence-corrected chi connectivity index (χ0v) is 13.1. The van der Waals surface area contributed by atoms with Gasteiger partial charge in [0.2, 0.25) is 0 Å². The van der Waals surface area contributed by atoms with Gasteiger partial charge in [0.15, 0.2) is 0 Å². The van der Waals surface area contributed by atoms with Gasteiger partial charge in [-0.15, -0.1) is 0 Å². The molecule has 0 amide bonds. The summed E-state index contributed by atoms with van der Waals surface area (Å²) in [5.41, 5.74) is 2.68. The van der Waals surface area contributed by atoms with E-state index in [1.807, 2.05) is 0 Å². The van der Waals surface area contributed by atoms with Crippen LogP contribution in [-0.4, -0.2) is 0 Å². The number of hydrogen-bond acceptors (Lipinski definition) is 0. The van der Waals surface area contributed by atoms with E-state index in [9.17, 15) is 0 Å². The lowest BCUT2D eigenvalue weighted by molar-refractivity contribution is 0.986. The van der Waals surface area contributed by atoms with Crippen molar-refractivity contribution < 1.29 is 0 Å². The Labute approximate surface area is 124 Å². The molecule has 0 heterocycles. The van der Waals surface area contributed by atoms with Crippen molar-refractivity contribution in [3.8, 4) is 0 Å². The van der Waals surface area contributed by atoms with Crippen molar-refractivity contribution in [2.75, 3.05) is 0 Å². The Morgan fingerprint density at radius 3 is 2.25 bits per heavy atom. The van der Waals surface area contributed by atoms with Crippen LogP contribution >= 0.6 is 45.2 Å². The minimum absolute atomic E-state index is 1.16. The maximum atomic E-state index is 2.40. The third kappa shape index (κ3) is 3.73. The van der Waals surface area contributed by atoms with E-state index in [4.69, 9.17) is 0 Å². The van der Waals surface area contributed by atoms with E-state index in [0.29, 0.717) is 0 Å². The third-order valence-electron chi connectivity index (χ3n) is 2.49. The Balaban J connectivity index is 2.07. The molecular formula is C14H12I2. The molecule has 0 bridgehead atoms. The highest BCUT2D eigenvalue weighted by molar-refractivity contribution is 14.1. The Hall–Kier alpha value is -0.100. The predicted molar refractivity (Wildman–Crippen MR) is 87.6 cm³/mol. The monoisotopic (exact) mass is 434 g/mol. The lowest BCUT2D eigenvalue weighted by Gasteiger charge is -2.06. The smallest absolute Gasteiger partial charge is 0.0130 e. The topological polar surface area (TPSA) is 0 Å². The molecule has 0 saturated carbocycles. The summed E-state index contributed by atoms with van der Waals surface area (Å²) in [6, 6.07) is 8.58. The van der Waals surface area contributed by atoms with Gasteiger partial charge in [0, 0.05) is 3.57 Å². The van der Waals surface area contributed by atoms with Crippen LogP contribution in [0.3, 0.4) is 0 Å². The fraction of sp³-hybridized carbons (Fsp3) is 0.143. The van der Waals surface area contributed by atoms with Crippen molar-refractivity contribution in [1.82, 2.24) is 0 Å². The Kier molecular flexibility index (Phi) is 4.64. The van der Waals surface area contributed by atoms with Gasteiger partial charge in [-0.25, -0.2) is 0 Å². The van der Waals surface area contributed by atoms with Crippen LogP contribution in [0, 0.1) is 3.57 Å². The van der Waals surface area contributed by atoms with Crippen LogP contribution in [0.25, 0.3) is 6.08 Å². The number of halogens is 2. The van der Waals surface area contributed by atoms with Gasteiger partial charge in [-0.1, -0.05) is 36.4 Å². The second-order valence-corrected chi connectivity index (χ2v) is 6.37. The summed E-state index contributed by atoms with van der Waals surface area (Å²) in [4.78, 5) is 0. The standard InChI is InChI=1S/C14H12I2/c15-13-7-3-11(4-8-13)1-2-12-5-9-14(16)10-6-12/h1-5,7-9H,6,10H2/b2-1+. The molecule has 0 N–H and O–H groups in total. The van der Waals surface area contributed by atoms with E-state index in [1.54, 1.807) is 0 Å². The van der Waals surface area contributed by atoms with Crippen LogP contribution in [0.2, 0.25) is 0 Å². The van der Waals surface area contributed by atoms with Crippen molar-refractivity contribution in [2.24, 2.45) is 0 Å². The number of hydrogen-bond donors (Lipinski definition) is 0. The van der Waals surface area contributed by atoms with E-state index in [1.165, 1.54) is 24.7 Å². The lowest BCUT2D eigenvalue weighted by atomic mass is 10.0. The highest BCUT2D eigenvalue weighted by atomic mass is 127. The molecule has 2 rings (SSSR count). The number of rotatable bonds is 2. The van der Waals surface area contributed by atoms with Gasteiger partial charge in [0.1, 0.15) is 0 Å². The first kappa shape index (κ1) is 12.4. The molecule has 0 unspecified atom stereocenters.